The van der Waals surface area contributed by atoms with Crippen molar-refractivity contribution >= 4 is 29.3 Å². The molecule has 126 valence electrons. The van der Waals surface area contributed by atoms with Gasteiger partial charge in [-0.25, -0.2) is 0 Å². The monoisotopic (exact) mass is 342 g/mol. The van der Waals surface area contributed by atoms with E-state index in [4.69, 9.17) is 9.84 Å². The van der Waals surface area contributed by atoms with E-state index in [9.17, 15) is 19.7 Å². The first-order valence-corrected chi connectivity index (χ1v) is 7.63. The van der Waals surface area contributed by atoms with Gasteiger partial charge in [-0.05, 0) is 19.1 Å². The number of amides is 1. The lowest BCUT2D eigenvalue weighted by Gasteiger charge is -2.23. The number of nitrogens with zero attached hydrogens (tertiary/aromatic N) is 2. The zero-order valence-corrected chi connectivity index (χ0v) is 13.6. The van der Waals surface area contributed by atoms with Crippen LogP contribution >= 0.6 is 11.8 Å². The summed E-state index contributed by atoms with van der Waals surface area (Å²) in [6.07, 6.45) is 0. The van der Waals surface area contributed by atoms with E-state index in [0.29, 0.717) is 4.90 Å². The molecule has 8 nitrogen and oxygen atoms in total. The number of nitro benzene ring substituents is 1. The summed E-state index contributed by atoms with van der Waals surface area (Å²) in [5.41, 5.74) is -0.0269. The number of methoxy groups -OCH3 is 1. The number of non-ortho nitro benzene ring substituents is 1. The zero-order valence-electron chi connectivity index (χ0n) is 12.8. The molecule has 1 amide bonds. The molecule has 1 aromatic carbocycles. The predicted molar refractivity (Wildman–Crippen MR) is 84.5 cm³/mol. The molecule has 0 spiro atoms. The number of benzene rings is 1. The van der Waals surface area contributed by atoms with Gasteiger partial charge in [-0.3, -0.25) is 19.7 Å². The van der Waals surface area contributed by atoms with Gasteiger partial charge in [-0.2, -0.15) is 0 Å². The summed E-state index contributed by atoms with van der Waals surface area (Å²) in [7, 11) is 1.47. The highest BCUT2D eigenvalue weighted by molar-refractivity contribution is 8.00. The highest BCUT2D eigenvalue weighted by Crippen LogP contribution is 2.26. The third-order valence-corrected chi connectivity index (χ3v) is 4.01. The second-order valence-electron chi connectivity index (χ2n) is 4.66. The molecular weight excluding hydrogens is 324 g/mol. The number of carboxylic acid groups (broad SMARTS) is 1. The van der Waals surface area contributed by atoms with E-state index in [1.54, 1.807) is 19.1 Å². The molecule has 1 rings (SSSR count). The molecule has 1 N–H and O–H groups in total. The van der Waals surface area contributed by atoms with Crippen LogP contribution in [0.3, 0.4) is 0 Å². The Morgan fingerprint density at radius 3 is 2.48 bits per heavy atom. The zero-order chi connectivity index (χ0) is 17.4. The topological polar surface area (TPSA) is 110 Å². The second-order valence-corrected chi connectivity index (χ2v) is 6.07. The van der Waals surface area contributed by atoms with Crippen LogP contribution in [-0.2, 0) is 14.3 Å². The second kappa shape index (κ2) is 9.11. The fraction of sp³-hybridized carbons (Fsp3) is 0.429. The van der Waals surface area contributed by atoms with Crippen molar-refractivity contribution in [1.29, 1.82) is 0 Å². The minimum atomic E-state index is -1.10. The summed E-state index contributed by atoms with van der Waals surface area (Å²) in [5.74, 6) is -1.42. The fourth-order valence-electron chi connectivity index (χ4n) is 1.79. The summed E-state index contributed by atoms with van der Waals surface area (Å²) in [4.78, 5) is 35.2. The Kier molecular flexibility index (Phi) is 7.49. The van der Waals surface area contributed by atoms with E-state index in [0.717, 1.165) is 0 Å². The van der Waals surface area contributed by atoms with E-state index in [1.807, 2.05) is 0 Å². The molecule has 0 bridgehead atoms. The average Bonchev–Trinajstić information content (AvgIpc) is 2.50. The molecule has 9 heteroatoms. The number of carbonyl (C=O) groups excluding carboxylic acids is 1. The summed E-state index contributed by atoms with van der Waals surface area (Å²) in [5, 5.41) is 19.0. The summed E-state index contributed by atoms with van der Waals surface area (Å²) >= 11 is 1.21. The van der Waals surface area contributed by atoms with Crippen molar-refractivity contribution in [1.82, 2.24) is 4.90 Å². The first kappa shape index (κ1) is 18.9. The van der Waals surface area contributed by atoms with Crippen LogP contribution in [0.4, 0.5) is 5.69 Å². The molecule has 0 saturated carbocycles. The molecule has 0 saturated heterocycles. The lowest BCUT2D eigenvalue weighted by atomic mass is 10.3. The van der Waals surface area contributed by atoms with Gasteiger partial charge in [0.2, 0.25) is 5.91 Å². The van der Waals surface area contributed by atoms with Crippen molar-refractivity contribution in [3.05, 3.63) is 34.4 Å². The average molecular weight is 342 g/mol. The lowest BCUT2D eigenvalue weighted by Crippen LogP contribution is -2.41. The molecule has 0 aliphatic carbocycles. The molecular formula is C14H18N2O6S. The summed E-state index contributed by atoms with van der Waals surface area (Å²) < 4.78 is 4.88. The van der Waals surface area contributed by atoms with Crippen molar-refractivity contribution in [3.63, 3.8) is 0 Å². The maximum Gasteiger partial charge on any atom is 0.323 e. The number of hydrogen-bond acceptors (Lipinski definition) is 6. The highest BCUT2D eigenvalue weighted by atomic mass is 32.2. The van der Waals surface area contributed by atoms with Crippen LogP contribution in [0.5, 0.6) is 0 Å². The van der Waals surface area contributed by atoms with Gasteiger partial charge in [0.15, 0.2) is 0 Å². The van der Waals surface area contributed by atoms with E-state index in [2.05, 4.69) is 0 Å². The maximum atomic E-state index is 12.3. The number of carboxylic acids is 1. The molecule has 0 aliphatic heterocycles. The largest absolute Gasteiger partial charge is 0.480 e. The van der Waals surface area contributed by atoms with Crippen LogP contribution < -0.4 is 0 Å². The molecule has 1 atom stereocenters. The van der Waals surface area contributed by atoms with Crippen LogP contribution in [0.25, 0.3) is 0 Å². The molecule has 0 aromatic heterocycles. The standard InChI is InChI=1S/C14H18N2O6S/c1-10(14(19)15(7-8-22-2)9-13(17)18)23-12-5-3-11(4-6-12)16(20)21/h3-6,10H,7-9H2,1-2H3,(H,17,18). The Hall–Kier alpha value is -2.13. The molecule has 23 heavy (non-hydrogen) atoms. The van der Waals surface area contributed by atoms with Gasteiger partial charge < -0.3 is 14.7 Å². The van der Waals surface area contributed by atoms with Gasteiger partial charge in [-0.1, -0.05) is 0 Å². The molecule has 0 radical (unpaired) electrons. The van der Waals surface area contributed by atoms with Crippen LogP contribution in [0.2, 0.25) is 0 Å². The maximum absolute atomic E-state index is 12.3. The molecule has 1 unspecified atom stereocenters. The number of carbonyl (C=O) groups is 2. The first-order chi connectivity index (χ1) is 10.8. The SMILES string of the molecule is COCCN(CC(=O)O)C(=O)C(C)Sc1ccc([N+](=O)[O-])cc1. The van der Waals surface area contributed by atoms with Crippen LogP contribution in [0.1, 0.15) is 6.92 Å². The summed E-state index contributed by atoms with van der Waals surface area (Å²) in [6.45, 7) is 1.70. The van der Waals surface area contributed by atoms with Crippen LogP contribution in [0, 0.1) is 10.1 Å². The van der Waals surface area contributed by atoms with E-state index in [1.165, 1.54) is 35.9 Å². The Balaban J connectivity index is 2.72. The number of thioether (sulfide) groups is 1. The number of aliphatic carboxylic acids is 1. The molecule has 0 heterocycles. The number of rotatable bonds is 9. The van der Waals surface area contributed by atoms with Gasteiger partial charge >= 0.3 is 5.97 Å². The Morgan fingerprint density at radius 2 is 2.00 bits per heavy atom. The third-order valence-electron chi connectivity index (χ3n) is 2.91. The molecule has 0 aliphatic rings. The third kappa shape index (κ3) is 6.25. The van der Waals surface area contributed by atoms with Gasteiger partial charge in [0.1, 0.15) is 6.54 Å². The van der Waals surface area contributed by atoms with Crippen molar-refractivity contribution in [2.45, 2.75) is 17.1 Å². The van der Waals surface area contributed by atoms with Gasteiger partial charge in [0.05, 0.1) is 16.8 Å². The van der Waals surface area contributed by atoms with Crippen LogP contribution in [0.15, 0.2) is 29.2 Å². The van der Waals surface area contributed by atoms with Gasteiger partial charge in [0.25, 0.3) is 5.69 Å². The van der Waals surface area contributed by atoms with Crippen molar-refractivity contribution in [3.8, 4) is 0 Å². The van der Waals surface area contributed by atoms with E-state index in [-0.39, 0.29) is 24.7 Å². The quantitative estimate of drug-likeness (QED) is 0.412. The van der Waals surface area contributed by atoms with Crippen molar-refractivity contribution in [2.24, 2.45) is 0 Å². The molecule has 1 aromatic rings. The van der Waals surface area contributed by atoms with Gasteiger partial charge in [-0.15, -0.1) is 11.8 Å². The van der Waals surface area contributed by atoms with Gasteiger partial charge in [0, 0.05) is 30.7 Å². The molecule has 0 fully saturated rings. The highest BCUT2D eigenvalue weighted by Gasteiger charge is 2.23. The van der Waals surface area contributed by atoms with Crippen molar-refractivity contribution < 1.29 is 24.4 Å². The smallest absolute Gasteiger partial charge is 0.323 e. The van der Waals surface area contributed by atoms with E-state index >= 15 is 0 Å². The number of hydrogen-bond donors (Lipinski definition) is 1. The predicted octanol–water partition coefficient (Wildman–Crippen LogP) is 1.63. The fourth-order valence-corrected chi connectivity index (χ4v) is 2.74. The normalized spacial score (nSPS) is 11.7. The van der Waals surface area contributed by atoms with E-state index < -0.39 is 22.7 Å². The number of ether oxygens (including phenoxy) is 1. The number of nitro groups is 1. The minimum absolute atomic E-state index is 0.0269. The van der Waals surface area contributed by atoms with Crippen LogP contribution in [-0.4, -0.2) is 58.9 Å². The summed E-state index contributed by atoms with van der Waals surface area (Å²) in [6, 6.07) is 5.84. The minimum Gasteiger partial charge on any atom is -0.480 e. The Morgan fingerprint density at radius 1 is 1.39 bits per heavy atom. The Labute approximate surface area is 137 Å². The first-order valence-electron chi connectivity index (χ1n) is 6.75. The lowest BCUT2D eigenvalue weighted by molar-refractivity contribution is -0.384. The Bertz CT molecular complexity index is 563. The van der Waals surface area contributed by atoms with Crippen molar-refractivity contribution in [2.75, 3.05) is 26.8 Å².